The van der Waals surface area contributed by atoms with E-state index in [1.54, 1.807) is 12.1 Å². The standard InChI is InChI=1S/C11H17N3O3S/c1-11(5-6-18(15,16)7-11)14-10-8(12)3-4-9(13-10)17-2/h3-4H,5-7,12H2,1-2H3,(H,13,14). The summed E-state index contributed by atoms with van der Waals surface area (Å²) in [7, 11) is -1.45. The predicted molar refractivity (Wildman–Crippen MR) is 70.5 cm³/mol. The molecule has 2 rings (SSSR count). The second-order valence-electron chi connectivity index (χ2n) is 4.82. The van der Waals surface area contributed by atoms with Gasteiger partial charge in [0.1, 0.15) is 0 Å². The highest BCUT2D eigenvalue weighted by Gasteiger charge is 2.38. The van der Waals surface area contributed by atoms with Gasteiger partial charge in [-0.3, -0.25) is 0 Å². The van der Waals surface area contributed by atoms with Gasteiger partial charge in [-0.05, 0) is 19.4 Å². The van der Waals surface area contributed by atoms with Crippen LogP contribution in [-0.2, 0) is 9.84 Å². The molecule has 2 heterocycles. The quantitative estimate of drug-likeness (QED) is 0.838. The number of nitrogen functional groups attached to an aromatic ring is 1. The van der Waals surface area contributed by atoms with Crippen LogP contribution < -0.4 is 15.8 Å². The van der Waals surface area contributed by atoms with Gasteiger partial charge in [-0.2, -0.15) is 4.98 Å². The van der Waals surface area contributed by atoms with Gasteiger partial charge in [-0.25, -0.2) is 8.42 Å². The fourth-order valence-corrected chi connectivity index (χ4v) is 4.15. The lowest BCUT2D eigenvalue weighted by Gasteiger charge is -2.25. The van der Waals surface area contributed by atoms with Gasteiger partial charge in [0.05, 0.1) is 29.8 Å². The van der Waals surface area contributed by atoms with Crippen molar-refractivity contribution in [3.8, 4) is 5.88 Å². The Morgan fingerprint density at radius 2 is 2.22 bits per heavy atom. The minimum atomic E-state index is -2.96. The van der Waals surface area contributed by atoms with Gasteiger partial charge >= 0.3 is 0 Å². The van der Waals surface area contributed by atoms with Crippen LogP contribution >= 0.6 is 0 Å². The van der Waals surface area contributed by atoms with Crippen LogP contribution in [0.15, 0.2) is 12.1 Å². The molecule has 100 valence electrons. The number of pyridine rings is 1. The molecule has 0 saturated carbocycles. The zero-order valence-corrected chi connectivity index (χ0v) is 11.3. The lowest BCUT2D eigenvalue weighted by molar-refractivity contribution is 0.398. The van der Waals surface area contributed by atoms with E-state index in [0.29, 0.717) is 23.8 Å². The number of nitrogens with two attached hydrogens (primary N) is 1. The number of methoxy groups -OCH3 is 1. The third-order valence-electron chi connectivity index (χ3n) is 3.03. The summed E-state index contributed by atoms with van der Waals surface area (Å²) in [6, 6.07) is 3.34. The van der Waals surface area contributed by atoms with Crippen molar-refractivity contribution in [2.45, 2.75) is 18.9 Å². The lowest BCUT2D eigenvalue weighted by Crippen LogP contribution is -2.36. The number of nitrogens with one attached hydrogen (secondary N) is 1. The highest BCUT2D eigenvalue weighted by Crippen LogP contribution is 2.29. The van der Waals surface area contributed by atoms with Crippen molar-refractivity contribution in [2.24, 2.45) is 0 Å². The summed E-state index contributed by atoms with van der Waals surface area (Å²) in [5, 5.41) is 3.12. The van der Waals surface area contributed by atoms with Crippen LogP contribution in [0.1, 0.15) is 13.3 Å². The molecule has 3 N–H and O–H groups in total. The molecule has 1 unspecified atom stereocenters. The highest BCUT2D eigenvalue weighted by atomic mass is 32.2. The molecule has 1 aliphatic rings. The molecule has 0 aliphatic carbocycles. The Hall–Kier alpha value is -1.50. The van der Waals surface area contributed by atoms with Gasteiger partial charge in [0, 0.05) is 6.07 Å². The summed E-state index contributed by atoms with van der Waals surface area (Å²) in [5.74, 6) is 1.20. The average molecular weight is 271 g/mol. The fraction of sp³-hybridized carbons (Fsp3) is 0.545. The van der Waals surface area contributed by atoms with Crippen LogP contribution in [0.4, 0.5) is 11.5 Å². The topological polar surface area (TPSA) is 94.3 Å². The second kappa shape index (κ2) is 4.31. The Kier molecular flexibility index (Phi) is 3.10. The van der Waals surface area contributed by atoms with Gasteiger partial charge in [0.15, 0.2) is 15.7 Å². The summed E-state index contributed by atoms with van der Waals surface area (Å²) in [4.78, 5) is 4.19. The fourth-order valence-electron chi connectivity index (χ4n) is 2.06. The third kappa shape index (κ3) is 2.66. The molecule has 6 nitrogen and oxygen atoms in total. The Morgan fingerprint density at radius 1 is 1.50 bits per heavy atom. The van der Waals surface area contributed by atoms with Crippen molar-refractivity contribution >= 4 is 21.3 Å². The van der Waals surface area contributed by atoms with Crippen molar-refractivity contribution < 1.29 is 13.2 Å². The molecule has 1 saturated heterocycles. The highest BCUT2D eigenvalue weighted by molar-refractivity contribution is 7.91. The maximum atomic E-state index is 11.5. The Labute approximate surface area is 106 Å². The van der Waals surface area contributed by atoms with Gasteiger partial charge in [0.25, 0.3) is 0 Å². The number of anilines is 2. The number of hydrogen-bond donors (Lipinski definition) is 2. The summed E-state index contributed by atoms with van der Waals surface area (Å²) in [6.45, 7) is 1.86. The molecular weight excluding hydrogens is 254 g/mol. The van der Waals surface area contributed by atoms with Crippen LogP contribution in [0.2, 0.25) is 0 Å². The van der Waals surface area contributed by atoms with E-state index >= 15 is 0 Å². The second-order valence-corrected chi connectivity index (χ2v) is 7.00. The molecule has 1 fully saturated rings. The van der Waals surface area contributed by atoms with Crippen LogP contribution in [0.5, 0.6) is 5.88 Å². The first-order valence-corrected chi connectivity index (χ1v) is 7.45. The first kappa shape index (κ1) is 12.9. The Balaban J connectivity index is 2.24. The first-order valence-electron chi connectivity index (χ1n) is 5.63. The van der Waals surface area contributed by atoms with Crippen molar-refractivity contribution in [3.63, 3.8) is 0 Å². The minimum absolute atomic E-state index is 0.0956. The van der Waals surface area contributed by atoms with E-state index in [2.05, 4.69) is 10.3 Å². The number of hydrogen-bond acceptors (Lipinski definition) is 6. The van der Waals surface area contributed by atoms with E-state index in [0.717, 1.165) is 0 Å². The van der Waals surface area contributed by atoms with E-state index < -0.39 is 15.4 Å². The number of nitrogens with zero attached hydrogens (tertiary/aromatic N) is 1. The Morgan fingerprint density at radius 3 is 2.78 bits per heavy atom. The normalized spacial score (nSPS) is 25.9. The summed E-state index contributed by atoms with van der Waals surface area (Å²) in [6.07, 6.45) is 0.549. The molecule has 18 heavy (non-hydrogen) atoms. The molecule has 7 heteroatoms. The third-order valence-corrected chi connectivity index (χ3v) is 4.94. The van der Waals surface area contributed by atoms with E-state index in [4.69, 9.17) is 10.5 Å². The molecule has 0 aromatic carbocycles. The molecule has 0 bridgehead atoms. The minimum Gasteiger partial charge on any atom is -0.481 e. The van der Waals surface area contributed by atoms with Crippen LogP contribution in [0, 0.1) is 0 Å². The van der Waals surface area contributed by atoms with Gasteiger partial charge in [-0.15, -0.1) is 0 Å². The van der Waals surface area contributed by atoms with Crippen molar-refractivity contribution in [3.05, 3.63) is 12.1 Å². The average Bonchev–Trinajstić information content (AvgIpc) is 2.56. The smallest absolute Gasteiger partial charge is 0.215 e. The van der Waals surface area contributed by atoms with Crippen LogP contribution in [0.3, 0.4) is 0 Å². The lowest BCUT2D eigenvalue weighted by atomic mass is 10.0. The number of rotatable bonds is 3. The van der Waals surface area contributed by atoms with E-state index in [-0.39, 0.29) is 11.5 Å². The summed E-state index contributed by atoms with van der Waals surface area (Å²) in [5.41, 5.74) is 5.77. The van der Waals surface area contributed by atoms with Crippen molar-refractivity contribution in [1.82, 2.24) is 4.98 Å². The zero-order valence-electron chi connectivity index (χ0n) is 10.4. The zero-order chi connectivity index (χ0) is 13.4. The van der Waals surface area contributed by atoms with Crippen LogP contribution in [0.25, 0.3) is 0 Å². The Bertz CT molecular complexity index is 559. The largest absolute Gasteiger partial charge is 0.481 e. The van der Waals surface area contributed by atoms with Crippen LogP contribution in [-0.4, -0.2) is 37.6 Å². The summed E-state index contributed by atoms with van der Waals surface area (Å²) >= 11 is 0. The first-order chi connectivity index (χ1) is 8.34. The number of sulfone groups is 1. The molecule has 1 aromatic rings. The molecule has 1 aliphatic heterocycles. The van der Waals surface area contributed by atoms with Gasteiger partial charge in [-0.1, -0.05) is 0 Å². The van der Waals surface area contributed by atoms with Crippen molar-refractivity contribution in [1.29, 1.82) is 0 Å². The molecule has 0 spiro atoms. The maximum Gasteiger partial charge on any atom is 0.215 e. The van der Waals surface area contributed by atoms with E-state index in [9.17, 15) is 8.42 Å². The summed E-state index contributed by atoms with van der Waals surface area (Å²) < 4.78 is 28.1. The number of aromatic nitrogens is 1. The molecule has 1 atom stereocenters. The SMILES string of the molecule is COc1ccc(N)c(NC2(C)CCS(=O)(=O)C2)n1. The predicted octanol–water partition coefficient (Wildman–Crippen LogP) is 0.661. The van der Waals surface area contributed by atoms with Gasteiger partial charge in [0.2, 0.25) is 5.88 Å². The molecule has 1 aromatic heterocycles. The molecule has 0 radical (unpaired) electrons. The molecular formula is C11H17N3O3S. The van der Waals surface area contributed by atoms with E-state index in [1.165, 1.54) is 7.11 Å². The number of ether oxygens (including phenoxy) is 1. The molecule has 0 amide bonds. The monoisotopic (exact) mass is 271 g/mol. The maximum absolute atomic E-state index is 11.5. The van der Waals surface area contributed by atoms with E-state index in [1.807, 2.05) is 6.92 Å². The van der Waals surface area contributed by atoms with Crippen molar-refractivity contribution in [2.75, 3.05) is 29.7 Å². The van der Waals surface area contributed by atoms with Gasteiger partial charge < -0.3 is 15.8 Å².